The predicted octanol–water partition coefficient (Wildman–Crippen LogP) is 2.50. The van der Waals surface area contributed by atoms with E-state index in [1.807, 2.05) is 18.2 Å². The molecule has 0 spiro atoms. The molecule has 0 bridgehead atoms. The number of aryl methyl sites for hydroxylation is 1. The van der Waals surface area contributed by atoms with Gasteiger partial charge >= 0.3 is 0 Å². The van der Waals surface area contributed by atoms with Crippen LogP contribution in [0, 0.1) is 11.8 Å². The van der Waals surface area contributed by atoms with Gasteiger partial charge in [0.1, 0.15) is 0 Å². The Kier molecular flexibility index (Phi) is 5.60. The lowest BCUT2D eigenvalue weighted by Crippen LogP contribution is -2.42. The van der Waals surface area contributed by atoms with Crippen molar-refractivity contribution in [2.45, 2.75) is 45.1 Å². The number of carbonyl (C=O) groups is 1. The maximum atomic E-state index is 12.0. The summed E-state index contributed by atoms with van der Waals surface area (Å²) in [7, 11) is 0. The normalized spacial score (nSPS) is 23.5. The number of carbonyl (C=O) groups excluding carboxylic acids is 1. The van der Waals surface area contributed by atoms with Crippen molar-refractivity contribution in [3.8, 4) is 0 Å². The molecule has 1 saturated carbocycles. The van der Waals surface area contributed by atoms with Crippen LogP contribution in [-0.2, 0) is 11.2 Å². The molecule has 3 nitrogen and oxygen atoms in total. The summed E-state index contributed by atoms with van der Waals surface area (Å²) in [4.78, 5) is 12.0. The molecule has 1 aliphatic carbocycles. The van der Waals surface area contributed by atoms with Gasteiger partial charge in [-0.25, -0.2) is 0 Å². The molecule has 1 amide bonds. The molecule has 0 saturated heterocycles. The zero-order chi connectivity index (χ0) is 14.4. The van der Waals surface area contributed by atoms with Crippen molar-refractivity contribution in [3.05, 3.63) is 35.9 Å². The van der Waals surface area contributed by atoms with E-state index in [-0.39, 0.29) is 5.91 Å². The summed E-state index contributed by atoms with van der Waals surface area (Å²) in [6.07, 6.45) is 5.33. The molecule has 20 heavy (non-hydrogen) atoms. The van der Waals surface area contributed by atoms with Crippen molar-refractivity contribution in [2.24, 2.45) is 17.6 Å². The summed E-state index contributed by atoms with van der Waals surface area (Å²) in [5.41, 5.74) is 7.20. The van der Waals surface area contributed by atoms with E-state index < -0.39 is 6.04 Å². The van der Waals surface area contributed by atoms with E-state index >= 15 is 0 Å². The smallest absolute Gasteiger partial charge is 0.236 e. The van der Waals surface area contributed by atoms with Gasteiger partial charge in [-0.3, -0.25) is 4.79 Å². The Labute approximate surface area is 121 Å². The number of hydrogen-bond donors (Lipinski definition) is 2. The standard InChI is InChI=1S/C17H26N2O/c1-13-7-8-15(11-13)12-19-17(20)16(18)10-9-14-5-3-2-4-6-14/h2-6,13,15-16H,7-12,18H2,1H3,(H,19,20). The van der Waals surface area contributed by atoms with Gasteiger partial charge in [0, 0.05) is 6.54 Å². The third-order valence-corrected chi connectivity index (χ3v) is 4.29. The first-order valence-corrected chi connectivity index (χ1v) is 7.72. The van der Waals surface area contributed by atoms with E-state index in [4.69, 9.17) is 5.73 Å². The lowest BCUT2D eigenvalue weighted by Gasteiger charge is -2.15. The second-order valence-corrected chi connectivity index (χ2v) is 6.16. The van der Waals surface area contributed by atoms with Gasteiger partial charge in [0.2, 0.25) is 5.91 Å². The molecule has 1 aromatic carbocycles. The van der Waals surface area contributed by atoms with Crippen molar-refractivity contribution in [3.63, 3.8) is 0 Å². The molecule has 0 aliphatic heterocycles. The van der Waals surface area contributed by atoms with Crippen LogP contribution in [0.25, 0.3) is 0 Å². The number of nitrogens with one attached hydrogen (secondary N) is 1. The van der Waals surface area contributed by atoms with Crippen LogP contribution in [-0.4, -0.2) is 18.5 Å². The maximum absolute atomic E-state index is 12.0. The predicted molar refractivity (Wildman–Crippen MR) is 82.3 cm³/mol. The first kappa shape index (κ1) is 15.0. The van der Waals surface area contributed by atoms with Crippen LogP contribution in [0.4, 0.5) is 0 Å². The second-order valence-electron chi connectivity index (χ2n) is 6.16. The summed E-state index contributed by atoms with van der Waals surface area (Å²) in [6.45, 7) is 3.08. The molecule has 3 N–H and O–H groups in total. The first-order chi connectivity index (χ1) is 9.65. The lowest BCUT2D eigenvalue weighted by atomic mass is 10.0. The fraction of sp³-hybridized carbons (Fsp3) is 0.588. The summed E-state index contributed by atoms with van der Waals surface area (Å²) in [5.74, 6) is 1.46. The highest BCUT2D eigenvalue weighted by Crippen LogP contribution is 2.29. The molecule has 1 fully saturated rings. The first-order valence-electron chi connectivity index (χ1n) is 7.72. The highest BCUT2D eigenvalue weighted by Gasteiger charge is 2.22. The van der Waals surface area contributed by atoms with Crippen LogP contribution in [0.5, 0.6) is 0 Å². The summed E-state index contributed by atoms with van der Waals surface area (Å²) < 4.78 is 0. The zero-order valence-electron chi connectivity index (χ0n) is 12.3. The van der Waals surface area contributed by atoms with Gasteiger partial charge < -0.3 is 11.1 Å². The molecular formula is C17H26N2O. The molecule has 3 unspecified atom stereocenters. The third kappa shape index (κ3) is 4.64. The zero-order valence-corrected chi connectivity index (χ0v) is 12.3. The Hall–Kier alpha value is -1.35. The number of rotatable bonds is 6. The fourth-order valence-corrected chi connectivity index (χ4v) is 2.98. The molecule has 110 valence electrons. The monoisotopic (exact) mass is 274 g/mol. The second kappa shape index (κ2) is 7.44. The number of benzene rings is 1. The van der Waals surface area contributed by atoms with Crippen LogP contribution in [0.1, 0.15) is 38.2 Å². The maximum Gasteiger partial charge on any atom is 0.236 e. The summed E-state index contributed by atoms with van der Waals surface area (Å²) in [6, 6.07) is 9.78. The Morgan fingerprint density at radius 2 is 2.10 bits per heavy atom. The Morgan fingerprint density at radius 1 is 1.35 bits per heavy atom. The SMILES string of the molecule is CC1CCC(CNC(=O)C(N)CCc2ccccc2)C1. The Bertz CT molecular complexity index is 418. The van der Waals surface area contributed by atoms with Gasteiger partial charge in [0.25, 0.3) is 0 Å². The quantitative estimate of drug-likeness (QED) is 0.837. The fourth-order valence-electron chi connectivity index (χ4n) is 2.98. The topological polar surface area (TPSA) is 55.1 Å². The van der Waals surface area contributed by atoms with Gasteiger partial charge in [0.15, 0.2) is 0 Å². The van der Waals surface area contributed by atoms with Gasteiger partial charge in [-0.1, -0.05) is 43.7 Å². The lowest BCUT2D eigenvalue weighted by molar-refractivity contribution is -0.122. The molecule has 0 aromatic heterocycles. The van der Waals surface area contributed by atoms with Crippen LogP contribution < -0.4 is 11.1 Å². The number of nitrogens with two attached hydrogens (primary N) is 1. The van der Waals surface area contributed by atoms with Crippen molar-refractivity contribution < 1.29 is 4.79 Å². The minimum atomic E-state index is -0.394. The van der Waals surface area contributed by atoms with E-state index in [9.17, 15) is 4.79 Å². The minimum Gasteiger partial charge on any atom is -0.354 e. The van der Waals surface area contributed by atoms with E-state index in [1.165, 1.54) is 24.8 Å². The number of hydrogen-bond acceptors (Lipinski definition) is 2. The van der Waals surface area contributed by atoms with Crippen molar-refractivity contribution in [1.29, 1.82) is 0 Å². The van der Waals surface area contributed by atoms with Crippen LogP contribution in [0.3, 0.4) is 0 Å². The van der Waals surface area contributed by atoms with Gasteiger partial charge in [-0.05, 0) is 43.1 Å². The van der Waals surface area contributed by atoms with Gasteiger partial charge in [0.05, 0.1) is 6.04 Å². The van der Waals surface area contributed by atoms with E-state index in [0.29, 0.717) is 12.3 Å². The van der Waals surface area contributed by atoms with Crippen LogP contribution >= 0.6 is 0 Å². The average Bonchev–Trinajstić information content (AvgIpc) is 2.89. The van der Waals surface area contributed by atoms with Crippen molar-refractivity contribution in [1.82, 2.24) is 5.32 Å². The van der Waals surface area contributed by atoms with Crippen molar-refractivity contribution >= 4 is 5.91 Å². The minimum absolute atomic E-state index is 0.000448. The molecule has 3 heteroatoms. The molecule has 1 aliphatic rings. The third-order valence-electron chi connectivity index (χ3n) is 4.29. The van der Waals surface area contributed by atoms with Gasteiger partial charge in [-0.2, -0.15) is 0 Å². The number of amides is 1. The molecule has 1 aromatic rings. The van der Waals surface area contributed by atoms with E-state index in [2.05, 4.69) is 24.4 Å². The largest absolute Gasteiger partial charge is 0.354 e. The molecule has 0 radical (unpaired) electrons. The molecule has 3 atom stereocenters. The molecule has 2 rings (SSSR count). The Balaban J connectivity index is 1.67. The van der Waals surface area contributed by atoms with E-state index in [1.54, 1.807) is 0 Å². The van der Waals surface area contributed by atoms with Crippen LogP contribution in [0.2, 0.25) is 0 Å². The Morgan fingerprint density at radius 3 is 2.75 bits per heavy atom. The van der Waals surface area contributed by atoms with E-state index in [0.717, 1.165) is 18.9 Å². The summed E-state index contributed by atoms with van der Waals surface area (Å²) in [5, 5.41) is 3.02. The average molecular weight is 274 g/mol. The van der Waals surface area contributed by atoms with Crippen molar-refractivity contribution in [2.75, 3.05) is 6.54 Å². The highest BCUT2D eigenvalue weighted by molar-refractivity contribution is 5.81. The summed E-state index contributed by atoms with van der Waals surface area (Å²) >= 11 is 0. The highest BCUT2D eigenvalue weighted by atomic mass is 16.2. The van der Waals surface area contributed by atoms with Gasteiger partial charge in [-0.15, -0.1) is 0 Å². The molecule has 0 heterocycles. The molecular weight excluding hydrogens is 248 g/mol. The van der Waals surface area contributed by atoms with Crippen LogP contribution in [0.15, 0.2) is 30.3 Å².